The maximum absolute atomic E-state index is 2.35. The molecular formula is C27H56. The van der Waals surface area contributed by atoms with Gasteiger partial charge in [0.1, 0.15) is 0 Å². The van der Waals surface area contributed by atoms with Gasteiger partial charge in [-0.05, 0) is 5.92 Å². The van der Waals surface area contributed by atoms with Crippen molar-refractivity contribution in [3.63, 3.8) is 0 Å². The Kier molecular flexibility index (Phi) is 24.0. The Morgan fingerprint density at radius 1 is 0.296 bits per heavy atom. The zero-order valence-electron chi connectivity index (χ0n) is 19.8. The molecule has 0 nitrogen and oxygen atoms in total. The van der Waals surface area contributed by atoms with Crippen LogP contribution in [0, 0.1) is 5.92 Å². The Morgan fingerprint density at radius 2 is 0.630 bits per heavy atom. The highest BCUT2D eigenvalue weighted by molar-refractivity contribution is 4.60. The molecule has 0 heterocycles. The van der Waals surface area contributed by atoms with Gasteiger partial charge in [0.25, 0.3) is 0 Å². The molecule has 0 aliphatic carbocycles. The van der Waals surface area contributed by atoms with Gasteiger partial charge in [-0.15, -0.1) is 0 Å². The maximum Gasteiger partial charge on any atom is -0.0414 e. The summed E-state index contributed by atoms with van der Waals surface area (Å²) in [5.41, 5.74) is 0. The second kappa shape index (κ2) is 24.0. The zero-order chi connectivity index (χ0) is 19.8. The van der Waals surface area contributed by atoms with Crippen molar-refractivity contribution < 1.29 is 0 Å². The van der Waals surface area contributed by atoms with Gasteiger partial charge >= 0.3 is 0 Å². The SMILES string of the molecule is CCCCCCCCCCCCCCCCCCCC(CCC)CCCC. The molecule has 0 bridgehead atoms. The van der Waals surface area contributed by atoms with Crippen LogP contribution in [0.5, 0.6) is 0 Å². The van der Waals surface area contributed by atoms with Crippen molar-refractivity contribution in [2.45, 2.75) is 168 Å². The van der Waals surface area contributed by atoms with Crippen LogP contribution in [0.3, 0.4) is 0 Å². The molecule has 0 spiro atoms. The van der Waals surface area contributed by atoms with E-state index in [4.69, 9.17) is 0 Å². The summed E-state index contributed by atoms with van der Waals surface area (Å²) in [6.45, 7) is 6.99. The summed E-state index contributed by atoms with van der Waals surface area (Å²) in [5.74, 6) is 1.03. The van der Waals surface area contributed by atoms with Crippen LogP contribution in [0.1, 0.15) is 168 Å². The summed E-state index contributed by atoms with van der Waals surface area (Å²) in [6.07, 6.45) is 33.8. The van der Waals surface area contributed by atoms with E-state index in [1.807, 2.05) is 0 Å². The van der Waals surface area contributed by atoms with Crippen LogP contribution in [0.25, 0.3) is 0 Å². The lowest BCUT2D eigenvalue weighted by Gasteiger charge is -2.15. The fourth-order valence-corrected chi connectivity index (χ4v) is 4.49. The number of hydrogen-bond donors (Lipinski definition) is 0. The molecule has 1 unspecified atom stereocenters. The van der Waals surface area contributed by atoms with E-state index in [1.54, 1.807) is 0 Å². The van der Waals surface area contributed by atoms with Crippen molar-refractivity contribution in [2.24, 2.45) is 5.92 Å². The van der Waals surface area contributed by atoms with Crippen LogP contribution in [0.15, 0.2) is 0 Å². The lowest BCUT2D eigenvalue weighted by molar-refractivity contribution is 0.383. The first-order valence-corrected chi connectivity index (χ1v) is 13.3. The van der Waals surface area contributed by atoms with Gasteiger partial charge in [-0.1, -0.05) is 168 Å². The summed E-state index contributed by atoms with van der Waals surface area (Å²) in [6, 6.07) is 0. The van der Waals surface area contributed by atoms with E-state index in [1.165, 1.54) is 148 Å². The normalized spacial score (nSPS) is 12.6. The molecule has 0 fully saturated rings. The molecule has 0 heteroatoms. The highest BCUT2D eigenvalue weighted by Crippen LogP contribution is 2.22. The molecule has 164 valence electrons. The Morgan fingerprint density at radius 3 is 1.00 bits per heavy atom. The molecule has 0 aromatic rings. The molecular weight excluding hydrogens is 324 g/mol. The minimum atomic E-state index is 1.03. The predicted octanol–water partition coefficient (Wildman–Crippen LogP) is 10.6. The third-order valence-corrected chi connectivity index (χ3v) is 6.38. The fraction of sp³-hybridized carbons (Fsp3) is 1.00. The molecule has 0 aliphatic rings. The molecule has 0 aromatic carbocycles. The van der Waals surface area contributed by atoms with Crippen LogP contribution >= 0.6 is 0 Å². The highest BCUT2D eigenvalue weighted by Gasteiger charge is 2.06. The zero-order valence-corrected chi connectivity index (χ0v) is 19.8. The van der Waals surface area contributed by atoms with E-state index in [0.717, 1.165) is 5.92 Å². The van der Waals surface area contributed by atoms with Crippen LogP contribution in [-0.4, -0.2) is 0 Å². The summed E-state index contributed by atoms with van der Waals surface area (Å²) < 4.78 is 0. The Bertz CT molecular complexity index is 244. The summed E-state index contributed by atoms with van der Waals surface area (Å²) in [7, 11) is 0. The molecule has 1 atom stereocenters. The van der Waals surface area contributed by atoms with E-state index < -0.39 is 0 Å². The van der Waals surface area contributed by atoms with Gasteiger partial charge < -0.3 is 0 Å². The van der Waals surface area contributed by atoms with Gasteiger partial charge in [0.15, 0.2) is 0 Å². The smallest absolute Gasteiger partial charge is 0.0414 e. The van der Waals surface area contributed by atoms with Gasteiger partial charge in [-0.3, -0.25) is 0 Å². The van der Waals surface area contributed by atoms with Crippen molar-refractivity contribution in [1.82, 2.24) is 0 Å². The topological polar surface area (TPSA) is 0 Å². The van der Waals surface area contributed by atoms with Crippen molar-refractivity contribution in [3.8, 4) is 0 Å². The summed E-state index contributed by atoms with van der Waals surface area (Å²) in [4.78, 5) is 0. The summed E-state index contributed by atoms with van der Waals surface area (Å²) >= 11 is 0. The highest BCUT2D eigenvalue weighted by atomic mass is 14.1. The Labute approximate surface area is 174 Å². The molecule has 0 aromatic heterocycles. The van der Waals surface area contributed by atoms with Gasteiger partial charge in [0, 0.05) is 0 Å². The maximum atomic E-state index is 2.35. The lowest BCUT2D eigenvalue weighted by Crippen LogP contribution is -2.00. The molecule has 0 saturated carbocycles. The molecule has 27 heavy (non-hydrogen) atoms. The first kappa shape index (κ1) is 27.0. The van der Waals surface area contributed by atoms with Crippen LogP contribution in [-0.2, 0) is 0 Å². The molecule has 0 rings (SSSR count). The average Bonchev–Trinajstić information content (AvgIpc) is 2.68. The number of unbranched alkanes of at least 4 members (excludes halogenated alkanes) is 17. The minimum absolute atomic E-state index is 1.03. The van der Waals surface area contributed by atoms with E-state index in [9.17, 15) is 0 Å². The Hall–Kier alpha value is 0. The van der Waals surface area contributed by atoms with E-state index in [2.05, 4.69) is 20.8 Å². The van der Waals surface area contributed by atoms with Crippen LogP contribution in [0.4, 0.5) is 0 Å². The van der Waals surface area contributed by atoms with Gasteiger partial charge in [-0.2, -0.15) is 0 Å². The van der Waals surface area contributed by atoms with Crippen molar-refractivity contribution in [3.05, 3.63) is 0 Å². The molecule has 0 aliphatic heterocycles. The minimum Gasteiger partial charge on any atom is -0.0654 e. The number of rotatable bonds is 23. The van der Waals surface area contributed by atoms with Crippen molar-refractivity contribution in [2.75, 3.05) is 0 Å². The molecule has 0 radical (unpaired) electrons. The van der Waals surface area contributed by atoms with Crippen molar-refractivity contribution in [1.29, 1.82) is 0 Å². The second-order valence-electron chi connectivity index (χ2n) is 9.24. The van der Waals surface area contributed by atoms with E-state index >= 15 is 0 Å². The van der Waals surface area contributed by atoms with Crippen LogP contribution < -0.4 is 0 Å². The molecule has 0 saturated heterocycles. The predicted molar refractivity (Wildman–Crippen MR) is 127 cm³/mol. The van der Waals surface area contributed by atoms with Gasteiger partial charge in [0.05, 0.1) is 0 Å². The Balaban J connectivity index is 3.17. The third kappa shape index (κ3) is 22.2. The quantitative estimate of drug-likeness (QED) is 0.155. The lowest BCUT2D eigenvalue weighted by atomic mass is 9.91. The molecule has 0 N–H and O–H groups in total. The first-order valence-electron chi connectivity index (χ1n) is 13.3. The molecule has 0 amide bonds. The van der Waals surface area contributed by atoms with Crippen LogP contribution in [0.2, 0.25) is 0 Å². The van der Waals surface area contributed by atoms with Crippen molar-refractivity contribution >= 4 is 0 Å². The second-order valence-corrected chi connectivity index (χ2v) is 9.24. The standard InChI is InChI=1S/C27H56/c1-4-7-9-10-11-12-13-14-15-16-17-18-19-20-21-22-23-26-27(24-6-3)25-8-5-2/h27H,4-26H2,1-3H3. The van der Waals surface area contributed by atoms with Gasteiger partial charge in [-0.25, -0.2) is 0 Å². The van der Waals surface area contributed by atoms with Gasteiger partial charge in [0.2, 0.25) is 0 Å². The summed E-state index contributed by atoms with van der Waals surface area (Å²) in [5, 5.41) is 0. The fourth-order valence-electron chi connectivity index (χ4n) is 4.49. The monoisotopic (exact) mass is 380 g/mol. The first-order chi connectivity index (χ1) is 13.3. The largest absolute Gasteiger partial charge is 0.0654 e. The van der Waals surface area contributed by atoms with E-state index in [-0.39, 0.29) is 0 Å². The number of hydrogen-bond acceptors (Lipinski definition) is 0. The third-order valence-electron chi connectivity index (χ3n) is 6.38. The van der Waals surface area contributed by atoms with E-state index in [0.29, 0.717) is 0 Å². The average molecular weight is 381 g/mol.